The van der Waals surface area contributed by atoms with E-state index in [0.29, 0.717) is 5.82 Å². The van der Waals surface area contributed by atoms with E-state index in [0.717, 1.165) is 27.8 Å². The molecule has 2 aromatic carbocycles. The minimum Gasteiger partial charge on any atom is -0.388 e. The fourth-order valence-electron chi connectivity index (χ4n) is 2.88. The molecule has 0 fully saturated rings. The molecule has 0 saturated carbocycles. The average Bonchev–Trinajstić information content (AvgIpc) is 2.96. The first-order chi connectivity index (χ1) is 11.5. The zero-order chi connectivity index (χ0) is 17.3. The Hall–Kier alpha value is -2.66. The highest BCUT2D eigenvalue weighted by Crippen LogP contribution is 2.24. The molecule has 3 rings (SSSR count). The van der Waals surface area contributed by atoms with E-state index in [1.807, 2.05) is 63.2 Å². The lowest BCUT2D eigenvalue weighted by molar-refractivity contribution is -0.118. The molecular formula is C19H21N3O2. The lowest BCUT2D eigenvalue weighted by atomic mass is 10.1. The van der Waals surface area contributed by atoms with Crippen LogP contribution in [0.15, 0.2) is 42.5 Å². The summed E-state index contributed by atoms with van der Waals surface area (Å²) in [5.41, 5.74) is 4.60. The standard InChI is InChI=1S/C19H21N3O2/c1-12-7-6-9-15(13(12)2)21-19(24)14(3)22-17-10-5-4-8-16(17)20-18(22)11-23/h4-10,14,23H,11H2,1-3H3,(H,21,24). The van der Waals surface area contributed by atoms with Gasteiger partial charge in [-0.15, -0.1) is 0 Å². The van der Waals surface area contributed by atoms with Gasteiger partial charge in [0.2, 0.25) is 5.91 Å². The summed E-state index contributed by atoms with van der Waals surface area (Å²) in [5.74, 6) is 0.348. The Bertz CT molecular complexity index is 899. The molecule has 3 aromatic rings. The largest absolute Gasteiger partial charge is 0.388 e. The zero-order valence-electron chi connectivity index (χ0n) is 14.1. The van der Waals surface area contributed by atoms with Crippen molar-refractivity contribution in [1.29, 1.82) is 0 Å². The van der Waals surface area contributed by atoms with Crippen molar-refractivity contribution in [2.24, 2.45) is 0 Å². The number of nitrogens with zero attached hydrogens (tertiary/aromatic N) is 2. The maximum absolute atomic E-state index is 12.7. The number of carbonyl (C=O) groups is 1. The van der Waals surface area contributed by atoms with E-state index in [2.05, 4.69) is 10.3 Å². The van der Waals surface area contributed by atoms with Crippen LogP contribution in [-0.4, -0.2) is 20.6 Å². The maximum atomic E-state index is 12.7. The number of rotatable bonds is 4. The topological polar surface area (TPSA) is 67.2 Å². The van der Waals surface area contributed by atoms with Gasteiger partial charge in [0.1, 0.15) is 18.5 Å². The number of fused-ring (bicyclic) bond motifs is 1. The van der Waals surface area contributed by atoms with Crippen molar-refractivity contribution in [3.05, 3.63) is 59.4 Å². The Morgan fingerprint density at radius 1 is 1.21 bits per heavy atom. The molecule has 24 heavy (non-hydrogen) atoms. The normalized spacial score (nSPS) is 12.3. The van der Waals surface area contributed by atoms with Gasteiger partial charge >= 0.3 is 0 Å². The van der Waals surface area contributed by atoms with Gasteiger partial charge in [0, 0.05) is 5.69 Å². The van der Waals surface area contributed by atoms with E-state index < -0.39 is 6.04 Å². The fraction of sp³-hybridized carbons (Fsp3) is 0.263. The number of aliphatic hydroxyl groups excluding tert-OH is 1. The number of anilines is 1. The molecule has 2 N–H and O–H groups in total. The van der Waals surface area contributed by atoms with Gasteiger partial charge in [-0.25, -0.2) is 4.98 Å². The highest BCUT2D eigenvalue weighted by molar-refractivity contribution is 5.95. The number of benzene rings is 2. The van der Waals surface area contributed by atoms with Crippen LogP contribution < -0.4 is 5.32 Å². The predicted molar refractivity (Wildman–Crippen MR) is 94.9 cm³/mol. The van der Waals surface area contributed by atoms with E-state index in [4.69, 9.17) is 0 Å². The summed E-state index contributed by atoms with van der Waals surface area (Å²) in [5, 5.41) is 12.6. The van der Waals surface area contributed by atoms with Crippen molar-refractivity contribution < 1.29 is 9.90 Å². The van der Waals surface area contributed by atoms with Gasteiger partial charge in [-0.2, -0.15) is 0 Å². The second kappa shape index (κ2) is 6.45. The van der Waals surface area contributed by atoms with Crippen molar-refractivity contribution in [3.63, 3.8) is 0 Å². The van der Waals surface area contributed by atoms with Crippen LogP contribution >= 0.6 is 0 Å². The smallest absolute Gasteiger partial charge is 0.247 e. The third kappa shape index (κ3) is 2.78. The fourth-order valence-corrected chi connectivity index (χ4v) is 2.88. The highest BCUT2D eigenvalue weighted by atomic mass is 16.3. The first-order valence-corrected chi connectivity index (χ1v) is 7.96. The molecule has 5 heteroatoms. The van der Waals surface area contributed by atoms with Crippen molar-refractivity contribution in [1.82, 2.24) is 9.55 Å². The number of nitrogens with one attached hydrogen (secondary N) is 1. The Balaban J connectivity index is 1.95. The highest BCUT2D eigenvalue weighted by Gasteiger charge is 2.21. The summed E-state index contributed by atoms with van der Waals surface area (Å²) in [4.78, 5) is 17.2. The number of hydrogen-bond donors (Lipinski definition) is 2. The second-order valence-electron chi connectivity index (χ2n) is 5.96. The Morgan fingerprint density at radius 2 is 1.96 bits per heavy atom. The van der Waals surface area contributed by atoms with Crippen molar-refractivity contribution in [3.8, 4) is 0 Å². The Labute approximate surface area is 141 Å². The number of amides is 1. The summed E-state index contributed by atoms with van der Waals surface area (Å²) in [7, 11) is 0. The van der Waals surface area contributed by atoms with Crippen LogP contribution in [0.1, 0.15) is 29.9 Å². The minimum absolute atomic E-state index is 0.137. The molecule has 1 amide bonds. The Morgan fingerprint density at radius 3 is 2.71 bits per heavy atom. The molecule has 0 aliphatic rings. The first-order valence-electron chi connectivity index (χ1n) is 7.96. The van der Waals surface area contributed by atoms with E-state index >= 15 is 0 Å². The number of carbonyl (C=O) groups excluding carboxylic acids is 1. The Kier molecular flexibility index (Phi) is 4.36. The molecule has 0 saturated heterocycles. The minimum atomic E-state index is -0.487. The molecule has 1 heterocycles. The van der Waals surface area contributed by atoms with Crippen LogP contribution in [0.25, 0.3) is 11.0 Å². The summed E-state index contributed by atoms with van der Waals surface area (Å²) < 4.78 is 1.79. The van der Waals surface area contributed by atoms with E-state index in [1.165, 1.54) is 0 Å². The van der Waals surface area contributed by atoms with Crippen molar-refractivity contribution in [2.75, 3.05) is 5.32 Å². The molecule has 0 spiro atoms. The summed E-state index contributed by atoms with van der Waals surface area (Å²) in [6.45, 7) is 5.60. The van der Waals surface area contributed by atoms with Crippen LogP contribution in [0.2, 0.25) is 0 Å². The van der Waals surface area contributed by atoms with Gasteiger partial charge in [-0.1, -0.05) is 24.3 Å². The average molecular weight is 323 g/mol. The lowest BCUT2D eigenvalue weighted by Gasteiger charge is -2.18. The molecule has 0 radical (unpaired) electrons. The SMILES string of the molecule is Cc1cccc(NC(=O)C(C)n2c(CO)nc3ccccc32)c1C. The van der Waals surface area contributed by atoms with Gasteiger partial charge < -0.3 is 15.0 Å². The van der Waals surface area contributed by atoms with Crippen LogP contribution in [-0.2, 0) is 11.4 Å². The number of aliphatic hydroxyl groups is 1. The zero-order valence-corrected chi connectivity index (χ0v) is 14.1. The summed E-state index contributed by atoms with van der Waals surface area (Å²) in [6, 6.07) is 12.9. The molecule has 0 aliphatic heterocycles. The molecule has 5 nitrogen and oxygen atoms in total. The van der Waals surface area contributed by atoms with Gasteiger partial charge in [-0.05, 0) is 50.1 Å². The molecule has 1 atom stereocenters. The maximum Gasteiger partial charge on any atom is 0.247 e. The predicted octanol–water partition coefficient (Wildman–Crippen LogP) is 3.35. The number of para-hydroxylation sites is 2. The van der Waals surface area contributed by atoms with Gasteiger partial charge in [0.15, 0.2) is 0 Å². The third-order valence-corrected chi connectivity index (χ3v) is 4.44. The second-order valence-corrected chi connectivity index (χ2v) is 5.96. The molecule has 0 aliphatic carbocycles. The van der Waals surface area contributed by atoms with E-state index in [-0.39, 0.29) is 12.5 Å². The molecular weight excluding hydrogens is 302 g/mol. The molecule has 0 bridgehead atoms. The first kappa shape index (κ1) is 16.2. The van der Waals surface area contributed by atoms with Gasteiger partial charge in [-0.3, -0.25) is 4.79 Å². The molecule has 1 unspecified atom stereocenters. The number of aromatic nitrogens is 2. The van der Waals surface area contributed by atoms with Crippen LogP contribution in [0.3, 0.4) is 0 Å². The molecule has 124 valence electrons. The van der Waals surface area contributed by atoms with E-state index in [9.17, 15) is 9.90 Å². The van der Waals surface area contributed by atoms with Gasteiger partial charge in [0.05, 0.1) is 11.0 Å². The summed E-state index contributed by atoms with van der Waals surface area (Å²) >= 11 is 0. The summed E-state index contributed by atoms with van der Waals surface area (Å²) in [6.07, 6.45) is 0. The van der Waals surface area contributed by atoms with E-state index in [1.54, 1.807) is 4.57 Å². The number of hydrogen-bond acceptors (Lipinski definition) is 3. The van der Waals surface area contributed by atoms with Crippen LogP contribution in [0, 0.1) is 13.8 Å². The number of imidazole rings is 1. The van der Waals surface area contributed by atoms with Crippen molar-refractivity contribution >= 4 is 22.6 Å². The monoisotopic (exact) mass is 323 g/mol. The number of aryl methyl sites for hydroxylation is 1. The molecule has 1 aromatic heterocycles. The third-order valence-electron chi connectivity index (χ3n) is 4.44. The van der Waals surface area contributed by atoms with Gasteiger partial charge in [0.25, 0.3) is 0 Å². The van der Waals surface area contributed by atoms with Crippen molar-refractivity contribution in [2.45, 2.75) is 33.4 Å². The van der Waals surface area contributed by atoms with Crippen LogP contribution in [0.5, 0.6) is 0 Å². The lowest BCUT2D eigenvalue weighted by Crippen LogP contribution is -2.25. The van der Waals surface area contributed by atoms with Crippen LogP contribution in [0.4, 0.5) is 5.69 Å². The quantitative estimate of drug-likeness (QED) is 0.774.